The van der Waals surface area contributed by atoms with Gasteiger partial charge in [0.1, 0.15) is 11.2 Å². The topological polar surface area (TPSA) is 56.7 Å². The number of rotatable bonds is 7. The van der Waals surface area contributed by atoms with E-state index in [0.29, 0.717) is 17.5 Å². The van der Waals surface area contributed by atoms with Crippen molar-refractivity contribution in [3.63, 3.8) is 0 Å². The molecule has 0 saturated heterocycles. The summed E-state index contributed by atoms with van der Waals surface area (Å²) in [7, 11) is 0. The van der Waals surface area contributed by atoms with Crippen LogP contribution in [0.3, 0.4) is 0 Å². The molecular formula is C59H40N4O. The van der Waals surface area contributed by atoms with Crippen LogP contribution in [0, 0.1) is 13.8 Å². The summed E-state index contributed by atoms with van der Waals surface area (Å²) in [4.78, 5) is 15.7. The molecule has 5 heteroatoms. The second kappa shape index (κ2) is 15.2. The normalized spacial score (nSPS) is 11.6. The monoisotopic (exact) mass is 820 g/mol. The van der Waals surface area contributed by atoms with Gasteiger partial charge in [0.2, 0.25) is 0 Å². The Balaban J connectivity index is 1.14. The van der Waals surface area contributed by atoms with Gasteiger partial charge in [-0.3, -0.25) is 0 Å². The van der Waals surface area contributed by atoms with E-state index in [1.165, 1.54) is 44.2 Å². The minimum absolute atomic E-state index is 0.581. The molecule has 3 heterocycles. The number of furan rings is 1. The lowest BCUT2D eigenvalue weighted by atomic mass is 9.99. The van der Waals surface area contributed by atoms with Crippen LogP contribution in [0.4, 0.5) is 0 Å². The lowest BCUT2D eigenvalue weighted by Gasteiger charge is -2.16. The fourth-order valence-corrected chi connectivity index (χ4v) is 9.22. The fraction of sp³-hybridized carbons (Fsp3) is 0.0339. The van der Waals surface area contributed by atoms with Crippen molar-refractivity contribution < 1.29 is 4.42 Å². The van der Waals surface area contributed by atoms with Gasteiger partial charge in [0.15, 0.2) is 17.5 Å². The molecule has 0 radical (unpaired) electrons. The molecule has 0 amide bonds. The van der Waals surface area contributed by atoms with E-state index in [-0.39, 0.29) is 0 Å². The van der Waals surface area contributed by atoms with E-state index >= 15 is 0 Å². The molecule has 0 N–H and O–H groups in total. The van der Waals surface area contributed by atoms with E-state index in [1.807, 2.05) is 48.5 Å². The highest BCUT2D eigenvalue weighted by Crippen LogP contribution is 2.42. The summed E-state index contributed by atoms with van der Waals surface area (Å²) < 4.78 is 8.79. The first-order valence-electron chi connectivity index (χ1n) is 21.7. The minimum Gasteiger partial charge on any atom is -0.456 e. The van der Waals surface area contributed by atoms with Crippen LogP contribution in [0.1, 0.15) is 11.1 Å². The molecule has 9 aromatic carbocycles. The van der Waals surface area contributed by atoms with Crippen molar-refractivity contribution in [3.8, 4) is 73.2 Å². The number of nitrogens with zero attached hydrogens (tertiary/aromatic N) is 4. The molecule has 0 fully saturated rings. The van der Waals surface area contributed by atoms with Crippen LogP contribution in [0.5, 0.6) is 0 Å². The third-order valence-electron chi connectivity index (χ3n) is 12.4. The van der Waals surface area contributed by atoms with Crippen LogP contribution in [-0.2, 0) is 0 Å². The molecule has 0 aliphatic rings. The Morgan fingerprint density at radius 1 is 0.328 bits per heavy atom. The molecule has 5 nitrogen and oxygen atoms in total. The highest BCUT2D eigenvalue weighted by atomic mass is 16.3. The quantitative estimate of drug-likeness (QED) is 0.161. The zero-order valence-electron chi connectivity index (χ0n) is 35.3. The Morgan fingerprint density at radius 3 is 1.41 bits per heavy atom. The molecule has 3 aromatic heterocycles. The smallest absolute Gasteiger partial charge is 0.166 e. The number of aromatic nitrogens is 4. The van der Waals surface area contributed by atoms with Crippen LogP contribution < -0.4 is 0 Å². The van der Waals surface area contributed by atoms with Crippen LogP contribution in [-0.4, -0.2) is 19.5 Å². The third kappa shape index (κ3) is 6.54. The Bertz CT molecular complexity index is 3590. The van der Waals surface area contributed by atoms with Crippen molar-refractivity contribution in [1.29, 1.82) is 0 Å². The Morgan fingerprint density at radius 2 is 0.797 bits per heavy atom. The highest BCUT2D eigenvalue weighted by Gasteiger charge is 2.22. The van der Waals surface area contributed by atoms with Crippen molar-refractivity contribution in [2.75, 3.05) is 0 Å². The summed E-state index contributed by atoms with van der Waals surface area (Å²) in [5, 5.41) is 4.53. The van der Waals surface area contributed by atoms with Crippen molar-refractivity contribution in [2.24, 2.45) is 0 Å². The molecule has 0 aliphatic carbocycles. The van der Waals surface area contributed by atoms with Gasteiger partial charge in [-0.25, -0.2) is 15.0 Å². The molecule has 0 aliphatic heterocycles. The van der Waals surface area contributed by atoms with Crippen molar-refractivity contribution >= 4 is 43.7 Å². The zero-order chi connectivity index (χ0) is 42.7. The number of fused-ring (bicyclic) bond motifs is 6. The molecule has 12 aromatic rings. The van der Waals surface area contributed by atoms with Gasteiger partial charge in [-0.15, -0.1) is 0 Å². The molecule has 12 rings (SSSR count). The SMILES string of the molecule is Cc1cccc(-c2ccc3c(c2)c2cc(-c4cccc(C)c4)ccc2n3-c2ccc(-c3ccc4c(c3)oc3ccccc34)cc2-c2nc(-c3ccccc3)nc(-c3ccccc3)n2)c1. The molecule has 302 valence electrons. The molecule has 64 heavy (non-hydrogen) atoms. The average molecular weight is 821 g/mol. The van der Waals surface area contributed by atoms with Gasteiger partial charge in [0, 0.05) is 38.2 Å². The summed E-state index contributed by atoms with van der Waals surface area (Å²) in [6, 6.07) is 72.9. The van der Waals surface area contributed by atoms with Crippen LogP contribution in [0.2, 0.25) is 0 Å². The number of benzene rings is 9. The van der Waals surface area contributed by atoms with Crippen molar-refractivity contribution in [1.82, 2.24) is 19.5 Å². The second-order valence-electron chi connectivity index (χ2n) is 16.6. The first-order chi connectivity index (χ1) is 31.5. The van der Waals surface area contributed by atoms with E-state index in [1.54, 1.807) is 0 Å². The number of para-hydroxylation sites is 1. The predicted octanol–water partition coefficient (Wildman–Crippen LogP) is 15.5. The Kier molecular flexibility index (Phi) is 8.87. The average Bonchev–Trinajstić information content (AvgIpc) is 3.89. The van der Waals surface area contributed by atoms with Crippen LogP contribution in [0.15, 0.2) is 211 Å². The summed E-state index contributed by atoms with van der Waals surface area (Å²) >= 11 is 0. The predicted molar refractivity (Wildman–Crippen MR) is 264 cm³/mol. The van der Waals surface area contributed by atoms with Crippen molar-refractivity contribution in [2.45, 2.75) is 13.8 Å². The van der Waals surface area contributed by atoms with Gasteiger partial charge in [0.05, 0.1) is 16.7 Å². The fourth-order valence-electron chi connectivity index (χ4n) is 9.22. The summed E-state index contributed by atoms with van der Waals surface area (Å²) in [6.07, 6.45) is 0. The first kappa shape index (κ1) is 37.4. The molecule has 0 spiro atoms. The van der Waals surface area contributed by atoms with Crippen LogP contribution in [0.25, 0.3) is 117 Å². The molecule has 0 atom stereocenters. The first-order valence-corrected chi connectivity index (χ1v) is 21.7. The van der Waals surface area contributed by atoms with Gasteiger partial charge in [0.25, 0.3) is 0 Å². The van der Waals surface area contributed by atoms with Gasteiger partial charge in [-0.1, -0.05) is 163 Å². The second-order valence-corrected chi connectivity index (χ2v) is 16.6. The van der Waals surface area contributed by atoms with Crippen LogP contribution >= 0.6 is 0 Å². The summed E-state index contributed by atoms with van der Waals surface area (Å²) in [5.41, 5.74) is 16.8. The molecule has 0 unspecified atom stereocenters. The van der Waals surface area contributed by atoms with E-state index < -0.39 is 0 Å². The third-order valence-corrected chi connectivity index (χ3v) is 12.4. The molecule has 0 bridgehead atoms. The highest BCUT2D eigenvalue weighted by molar-refractivity contribution is 6.12. The minimum atomic E-state index is 0.581. The lowest BCUT2D eigenvalue weighted by molar-refractivity contribution is 0.669. The maximum absolute atomic E-state index is 6.40. The standard InChI is InChI=1S/C59H40N4O/c1-37-13-11-19-41(31-37)43-24-28-52-49(33-43)50-34-44(42-20-12-14-38(2)32-42)25-29-53(50)63(52)54-30-26-45(46-23-27-48-47-21-9-10-22-55(47)64-56(48)36-46)35-51(54)59-61-57(39-15-5-3-6-16-39)60-58(62-59)40-17-7-4-8-18-40/h3-36H,1-2H3. The van der Waals surface area contributed by atoms with Gasteiger partial charge in [-0.05, 0) is 102 Å². The van der Waals surface area contributed by atoms with Crippen molar-refractivity contribution in [3.05, 3.63) is 217 Å². The van der Waals surface area contributed by atoms with E-state index in [0.717, 1.165) is 66.5 Å². The number of hydrogen-bond donors (Lipinski definition) is 0. The zero-order valence-corrected chi connectivity index (χ0v) is 35.3. The van der Waals surface area contributed by atoms with Gasteiger partial charge < -0.3 is 8.98 Å². The maximum atomic E-state index is 6.40. The van der Waals surface area contributed by atoms with Gasteiger partial charge in [-0.2, -0.15) is 0 Å². The summed E-state index contributed by atoms with van der Waals surface area (Å²) in [5.74, 6) is 1.80. The molecule has 0 saturated carbocycles. The Hall–Kier alpha value is -8.41. The number of hydrogen-bond acceptors (Lipinski definition) is 4. The molecular weight excluding hydrogens is 781 g/mol. The number of aryl methyl sites for hydroxylation is 2. The van der Waals surface area contributed by atoms with E-state index in [2.05, 4.69) is 176 Å². The van der Waals surface area contributed by atoms with E-state index in [4.69, 9.17) is 19.4 Å². The van der Waals surface area contributed by atoms with Gasteiger partial charge >= 0.3 is 0 Å². The largest absolute Gasteiger partial charge is 0.456 e. The summed E-state index contributed by atoms with van der Waals surface area (Å²) in [6.45, 7) is 4.30. The lowest BCUT2D eigenvalue weighted by Crippen LogP contribution is -2.04. The maximum Gasteiger partial charge on any atom is 0.166 e. The van der Waals surface area contributed by atoms with E-state index in [9.17, 15) is 0 Å². The Labute approximate surface area is 370 Å².